The Bertz CT molecular complexity index is 773. The fourth-order valence-corrected chi connectivity index (χ4v) is 5.05. The highest BCUT2D eigenvalue weighted by atomic mass is 31.2. The van der Waals surface area contributed by atoms with Crippen molar-refractivity contribution in [3.05, 3.63) is 29.8 Å². The number of hydrogen-bond donors (Lipinski definition) is 2. The Hall–Kier alpha value is -1.24. The lowest BCUT2D eigenvalue weighted by Crippen LogP contribution is -3.06. The van der Waals surface area contributed by atoms with E-state index in [1.807, 2.05) is 38.4 Å². The molecule has 1 aromatic rings. The molecular weight excluding hydrogens is 489 g/mol. The molecular formula is C29H53NO6P+. The van der Waals surface area contributed by atoms with Gasteiger partial charge in [0.25, 0.3) is 0 Å². The number of benzene rings is 1. The summed E-state index contributed by atoms with van der Waals surface area (Å²) in [6, 6.07) is 7.86. The van der Waals surface area contributed by atoms with Gasteiger partial charge < -0.3 is 19.3 Å². The second kappa shape index (κ2) is 20.7. The molecule has 0 spiro atoms. The van der Waals surface area contributed by atoms with Gasteiger partial charge in [0.2, 0.25) is 0 Å². The number of unbranched alkanes of at least 4 members (excludes halogenated alkanes) is 10. The second-order valence-corrected chi connectivity index (χ2v) is 12.0. The maximum absolute atomic E-state index is 12.2. The van der Waals surface area contributed by atoms with Gasteiger partial charge in [-0.25, -0.2) is 4.57 Å². The van der Waals surface area contributed by atoms with E-state index in [1.165, 1.54) is 71.1 Å². The Morgan fingerprint density at radius 2 is 1.57 bits per heavy atom. The number of rotatable bonds is 24. The molecule has 0 aromatic heterocycles. The van der Waals surface area contributed by atoms with E-state index < -0.39 is 7.82 Å². The first-order chi connectivity index (χ1) is 17.7. The van der Waals surface area contributed by atoms with Crippen LogP contribution in [0.2, 0.25) is 0 Å². The number of phosphoric acid groups is 1. The number of phosphoric ester groups is 1. The van der Waals surface area contributed by atoms with Crippen molar-refractivity contribution in [3.63, 3.8) is 0 Å². The van der Waals surface area contributed by atoms with Gasteiger partial charge in [-0.3, -0.25) is 9.05 Å². The Morgan fingerprint density at radius 3 is 2.16 bits per heavy atom. The smallest absolute Gasteiger partial charge is 0.472 e. The monoisotopic (exact) mass is 542 g/mol. The summed E-state index contributed by atoms with van der Waals surface area (Å²) in [5.41, 5.74) is 1.01. The molecule has 214 valence electrons. The Labute approximate surface area is 225 Å². The molecule has 2 unspecified atom stereocenters. The maximum atomic E-state index is 12.2. The topological polar surface area (TPSA) is 86.5 Å². The van der Waals surface area contributed by atoms with Crippen molar-refractivity contribution < 1.29 is 32.9 Å². The Morgan fingerprint density at radius 1 is 0.946 bits per heavy atom. The Kier molecular flexibility index (Phi) is 18.9. The highest BCUT2D eigenvalue weighted by molar-refractivity contribution is 7.47. The van der Waals surface area contributed by atoms with E-state index in [0.29, 0.717) is 19.6 Å². The lowest BCUT2D eigenvalue weighted by Gasteiger charge is -2.19. The van der Waals surface area contributed by atoms with Crippen molar-refractivity contribution in [1.82, 2.24) is 0 Å². The lowest BCUT2D eigenvalue weighted by atomic mass is 9.95. The van der Waals surface area contributed by atoms with Crippen LogP contribution in [0.1, 0.15) is 96.5 Å². The summed E-state index contributed by atoms with van der Waals surface area (Å²) in [6.07, 6.45) is 15.2. The standard InChI is InChI=1S/C29H52NO6P/c1-5-6-7-8-9-10-11-12-13-14-15-20-34-29-18-16-17-27(24-29)23-28(22-26(2)31)25-36-37(32,33)35-21-19-30(3)4/h16-18,24,28H,5-15,19-23,25H2,1-4H3,(H,32,33)/p+1. The molecule has 0 fully saturated rings. The van der Waals surface area contributed by atoms with Crippen LogP contribution < -0.4 is 9.64 Å². The summed E-state index contributed by atoms with van der Waals surface area (Å²) in [4.78, 5) is 22.8. The lowest BCUT2D eigenvalue weighted by molar-refractivity contribution is -0.858. The molecule has 1 rings (SSSR count). The summed E-state index contributed by atoms with van der Waals surface area (Å²) in [5.74, 6) is 0.611. The molecule has 0 amide bonds. The van der Waals surface area contributed by atoms with E-state index in [0.717, 1.165) is 22.6 Å². The number of likely N-dealkylation sites (N-methyl/N-ethyl adjacent to an activating group) is 1. The summed E-state index contributed by atoms with van der Waals surface area (Å²) in [7, 11) is -0.275. The van der Waals surface area contributed by atoms with Crippen LogP contribution in [0, 0.1) is 5.92 Å². The third kappa shape index (κ3) is 19.5. The molecule has 0 bridgehead atoms. The van der Waals surface area contributed by atoms with Crippen molar-refractivity contribution in [2.24, 2.45) is 5.92 Å². The van der Waals surface area contributed by atoms with Crippen molar-refractivity contribution in [2.75, 3.05) is 40.5 Å². The molecule has 0 saturated heterocycles. The van der Waals surface area contributed by atoms with Crippen LogP contribution >= 0.6 is 7.82 Å². The number of ether oxygens (including phenoxy) is 1. The number of ketones is 1. The molecule has 0 radical (unpaired) electrons. The van der Waals surface area contributed by atoms with Gasteiger partial charge in [0, 0.05) is 6.42 Å². The van der Waals surface area contributed by atoms with Gasteiger partial charge in [0.15, 0.2) is 0 Å². The van der Waals surface area contributed by atoms with Crippen LogP contribution in [-0.2, 0) is 24.8 Å². The fraction of sp³-hybridized carbons (Fsp3) is 0.759. The number of quaternary nitrogens is 1. The normalized spacial score (nSPS) is 14.0. The molecule has 8 heteroatoms. The molecule has 0 heterocycles. The highest BCUT2D eigenvalue weighted by Crippen LogP contribution is 2.43. The SMILES string of the molecule is CCCCCCCCCCCCCOc1cccc(CC(COP(=O)(O)OCC[NH+](C)C)CC(C)=O)c1. The van der Waals surface area contributed by atoms with Gasteiger partial charge >= 0.3 is 7.82 Å². The minimum Gasteiger partial charge on any atom is -0.494 e. The van der Waals surface area contributed by atoms with Crippen LogP contribution in [0.5, 0.6) is 5.75 Å². The van der Waals surface area contributed by atoms with E-state index >= 15 is 0 Å². The zero-order valence-corrected chi connectivity index (χ0v) is 24.7. The molecule has 2 atom stereocenters. The van der Waals surface area contributed by atoms with Crippen LogP contribution in [0.3, 0.4) is 0 Å². The first-order valence-electron chi connectivity index (χ1n) is 14.3. The quantitative estimate of drug-likeness (QED) is 0.127. The van der Waals surface area contributed by atoms with Crippen LogP contribution in [0.4, 0.5) is 0 Å². The van der Waals surface area contributed by atoms with Crippen LogP contribution in [-0.4, -0.2) is 51.1 Å². The number of carbonyl (C=O) groups excluding carboxylic acids is 1. The predicted molar refractivity (Wildman–Crippen MR) is 150 cm³/mol. The molecule has 0 aliphatic rings. The largest absolute Gasteiger partial charge is 0.494 e. The van der Waals surface area contributed by atoms with Gasteiger partial charge in [0.05, 0.1) is 27.3 Å². The first kappa shape index (κ1) is 33.8. The predicted octanol–water partition coefficient (Wildman–Crippen LogP) is 5.79. The maximum Gasteiger partial charge on any atom is 0.472 e. The van der Waals surface area contributed by atoms with Crippen LogP contribution in [0.25, 0.3) is 0 Å². The van der Waals surface area contributed by atoms with Crippen molar-refractivity contribution in [3.8, 4) is 5.75 Å². The minimum atomic E-state index is -4.15. The van der Waals surface area contributed by atoms with E-state index in [9.17, 15) is 14.3 Å². The first-order valence-corrected chi connectivity index (χ1v) is 15.8. The third-order valence-electron chi connectivity index (χ3n) is 6.35. The molecule has 1 aromatic carbocycles. The van der Waals surface area contributed by atoms with Crippen molar-refractivity contribution >= 4 is 13.6 Å². The molecule has 0 saturated carbocycles. The zero-order valence-electron chi connectivity index (χ0n) is 23.8. The Balaban J connectivity index is 2.35. The fourth-order valence-electron chi connectivity index (χ4n) is 4.25. The summed E-state index contributed by atoms with van der Waals surface area (Å²) < 4.78 is 28.4. The molecule has 7 nitrogen and oxygen atoms in total. The summed E-state index contributed by atoms with van der Waals surface area (Å²) in [6.45, 7) is 5.18. The van der Waals surface area contributed by atoms with Gasteiger partial charge in [-0.05, 0) is 43.4 Å². The van der Waals surface area contributed by atoms with E-state index in [-0.39, 0.29) is 31.3 Å². The molecule has 0 aliphatic carbocycles. The molecule has 0 aliphatic heterocycles. The van der Waals surface area contributed by atoms with E-state index in [1.54, 1.807) is 0 Å². The second-order valence-electron chi connectivity index (χ2n) is 10.6. The number of carbonyl (C=O) groups is 1. The number of nitrogens with one attached hydrogen (secondary N) is 1. The van der Waals surface area contributed by atoms with E-state index in [4.69, 9.17) is 13.8 Å². The third-order valence-corrected chi connectivity index (χ3v) is 7.33. The molecule has 37 heavy (non-hydrogen) atoms. The van der Waals surface area contributed by atoms with Crippen molar-refractivity contribution in [1.29, 1.82) is 0 Å². The minimum absolute atomic E-state index is 0.0161. The average Bonchev–Trinajstić information content (AvgIpc) is 2.83. The average molecular weight is 543 g/mol. The molecule has 2 N–H and O–H groups in total. The summed E-state index contributed by atoms with van der Waals surface area (Å²) >= 11 is 0. The van der Waals surface area contributed by atoms with Gasteiger partial charge in [-0.15, -0.1) is 0 Å². The summed E-state index contributed by atoms with van der Waals surface area (Å²) in [5, 5.41) is 0. The van der Waals surface area contributed by atoms with Gasteiger partial charge in [0.1, 0.15) is 24.7 Å². The van der Waals surface area contributed by atoms with Crippen molar-refractivity contribution in [2.45, 2.75) is 97.3 Å². The zero-order chi connectivity index (χ0) is 27.4. The van der Waals surface area contributed by atoms with Gasteiger partial charge in [-0.2, -0.15) is 0 Å². The van der Waals surface area contributed by atoms with Gasteiger partial charge in [-0.1, -0.05) is 83.3 Å². The number of hydrogen-bond acceptors (Lipinski definition) is 5. The number of Topliss-reactive ketones (excluding diaryl/α,β-unsaturated/α-hetero) is 1. The van der Waals surface area contributed by atoms with Crippen LogP contribution in [0.15, 0.2) is 24.3 Å². The van der Waals surface area contributed by atoms with E-state index in [2.05, 4.69) is 6.92 Å². The highest BCUT2D eigenvalue weighted by Gasteiger charge is 2.24.